The molecule has 0 fully saturated rings. The van der Waals surface area contributed by atoms with Gasteiger partial charge in [0.25, 0.3) is 0 Å². The predicted molar refractivity (Wildman–Crippen MR) is 58.6 cm³/mol. The van der Waals surface area contributed by atoms with Gasteiger partial charge in [-0.1, -0.05) is 24.3 Å². The molecule has 0 N–H and O–H groups in total. The third-order valence-electron chi connectivity index (χ3n) is 2.19. The van der Waals surface area contributed by atoms with Crippen LogP contribution in [-0.4, -0.2) is 10.8 Å². The number of hydrogen-bond acceptors (Lipinski definition) is 2. The third-order valence-corrected chi connectivity index (χ3v) is 2.19. The van der Waals surface area contributed by atoms with Crippen molar-refractivity contribution in [2.75, 3.05) is 0 Å². The van der Waals surface area contributed by atoms with Crippen molar-refractivity contribution in [1.29, 1.82) is 0 Å². The van der Waals surface area contributed by atoms with E-state index in [0.717, 1.165) is 5.56 Å². The summed E-state index contributed by atoms with van der Waals surface area (Å²) in [6.07, 6.45) is 3.21. The molecule has 2 aromatic rings. The molecule has 0 saturated carbocycles. The number of carbonyl (C=O) groups is 1. The summed E-state index contributed by atoms with van der Waals surface area (Å²) in [6.45, 7) is 3.83. The standard InChI is InChI=1S/C13H10NO/c1-10-5-2-3-7-12(10)13(15)11-6-4-8-14-9-11/h2-9H,1H2. The van der Waals surface area contributed by atoms with Crippen molar-refractivity contribution >= 4 is 5.78 Å². The van der Waals surface area contributed by atoms with Crippen molar-refractivity contribution in [2.45, 2.75) is 0 Å². The van der Waals surface area contributed by atoms with Crippen molar-refractivity contribution in [3.05, 3.63) is 72.4 Å². The van der Waals surface area contributed by atoms with Crippen LogP contribution in [0, 0.1) is 6.92 Å². The lowest BCUT2D eigenvalue weighted by Crippen LogP contribution is -2.03. The van der Waals surface area contributed by atoms with E-state index < -0.39 is 0 Å². The Morgan fingerprint density at radius 3 is 2.60 bits per heavy atom. The fourth-order valence-corrected chi connectivity index (χ4v) is 1.39. The third kappa shape index (κ3) is 1.94. The molecular formula is C13H10NO. The summed E-state index contributed by atoms with van der Waals surface area (Å²) in [4.78, 5) is 15.9. The van der Waals surface area contributed by atoms with Gasteiger partial charge < -0.3 is 0 Å². The molecule has 0 bridgehead atoms. The van der Waals surface area contributed by atoms with E-state index in [-0.39, 0.29) is 5.78 Å². The summed E-state index contributed by atoms with van der Waals surface area (Å²) < 4.78 is 0. The first-order valence-electron chi connectivity index (χ1n) is 4.65. The fraction of sp³-hybridized carbons (Fsp3) is 0. The molecule has 1 radical (unpaired) electrons. The molecule has 0 aliphatic rings. The Balaban J connectivity index is 2.42. The van der Waals surface area contributed by atoms with Crippen LogP contribution in [0.25, 0.3) is 0 Å². The first kappa shape index (κ1) is 9.59. The highest BCUT2D eigenvalue weighted by atomic mass is 16.1. The maximum absolute atomic E-state index is 12.0. The van der Waals surface area contributed by atoms with Crippen LogP contribution in [0.5, 0.6) is 0 Å². The Hall–Kier alpha value is -1.96. The average molecular weight is 196 g/mol. The van der Waals surface area contributed by atoms with Crippen LogP contribution in [0.1, 0.15) is 21.5 Å². The summed E-state index contributed by atoms with van der Waals surface area (Å²) in [6, 6.07) is 10.8. The number of pyridine rings is 1. The van der Waals surface area contributed by atoms with Gasteiger partial charge in [0.15, 0.2) is 5.78 Å². The second-order valence-electron chi connectivity index (χ2n) is 3.23. The molecule has 0 aliphatic carbocycles. The van der Waals surface area contributed by atoms with Crippen molar-refractivity contribution in [3.63, 3.8) is 0 Å². The minimum Gasteiger partial charge on any atom is -0.289 e. The first-order chi connectivity index (χ1) is 7.29. The zero-order valence-electron chi connectivity index (χ0n) is 8.18. The minimum atomic E-state index is -0.0336. The summed E-state index contributed by atoms with van der Waals surface area (Å²) in [5, 5.41) is 0. The molecule has 1 heterocycles. The molecular weight excluding hydrogens is 186 g/mol. The van der Waals surface area contributed by atoms with Gasteiger partial charge in [0, 0.05) is 23.5 Å². The Morgan fingerprint density at radius 2 is 1.93 bits per heavy atom. The first-order valence-corrected chi connectivity index (χ1v) is 4.65. The summed E-state index contributed by atoms with van der Waals surface area (Å²) >= 11 is 0. The molecule has 0 saturated heterocycles. The van der Waals surface area contributed by atoms with Gasteiger partial charge in [0.1, 0.15) is 0 Å². The van der Waals surface area contributed by atoms with Crippen LogP contribution in [0.3, 0.4) is 0 Å². The smallest absolute Gasteiger partial charge is 0.194 e. The normalized spacial score (nSPS) is 9.93. The lowest BCUT2D eigenvalue weighted by atomic mass is 10.0. The van der Waals surface area contributed by atoms with E-state index in [0.29, 0.717) is 11.1 Å². The lowest BCUT2D eigenvalue weighted by molar-refractivity contribution is 0.103. The van der Waals surface area contributed by atoms with Crippen LogP contribution in [0.15, 0.2) is 48.8 Å². The van der Waals surface area contributed by atoms with Crippen LogP contribution >= 0.6 is 0 Å². The Bertz CT molecular complexity index is 477. The summed E-state index contributed by atoms with van der Waals surface area (Å²) in [5.74, 6) is -0.0336. The molecule has 2 heteroatoms. The quantitative estimate of drug-likeness (QED) is 0.691. The van der Waals surface area contributed by atoms with E-state index in [2.05, 4.69) is 11.9 Å². The fourth-order valence-electron chi connectivity index (χ4n) is 1.39. The zero-order chi connectivity index (χ0) is 10.7. The van der Waals surface area contributed by atoms with Crippen LogP contribution in [0.2, 0.25) is 0 Å². The molecule has 1 aromatic carbocycles. The molecule has 0 amide bonds. The van der Waals surface area contributed by atoms with Gasteiger partial charge in [-0.3, -0.25) is 9.78 Å². The highest BCUT2D eigenvalue weighted by Gasteiger charge is 2.10. The van der Waals surface area contributed by atoms with E-state index in [1.54, 1.807) is 30.6 Å². The van der Waals surface area contributed by atoms with E-state index >= 15 is 0 Å². The van der Waals surface area contributed by atoms with Crippen LogP contribution in [-0.2, 0) is 0 Å². The SMILES string of the molecule is [CH2]c1ccccc1C(=O)c1cccnc1. The number of hydrogen-bond donors (Lipinski definition) is 0. The summed E-state index contributed by atoms with van der Waals surface area (Å²) in [5.41, 5.74) is 1.96. The van der Waals surface area contributed by atoms with Crippen LogP contribution in [0.4, 0.5) is 0 Å². The van der Waals surface area contributed by atoms with Crippen molar-refractivity contribution in [1.82, 2.24) is 4.98 Å². The van der Waals surface area contributed by atoms with Gasteiger partial charge in [0.05, 0.1) is 0 Å². The Kier molecular flexibility index (Phi) is 2.59. The van der Waals surface area contributed by atoms with Gasteiger partial charge in [-0.25, -0.2) is 0 Å². The number of carbonyl (C=O) groups excluding carboxylic acids is 1. The van der Waals surface area contributed by atoms with Gasteiger partial charge in [-0.05, 0) is 24.6 Å². The Labute approximate surface area is 88.6 Å². The average Bonchev–Trinajstić information content (AvgIpc) is 2.30. The summed E-state index contributed by atoms with van der Waals surface area (Å²) in [7, 11) is 0. The van der Waals surface area contributed by atoms with Gasteiger partial charge in [-0.2, -0.15) is 0 Å². The molecule has 0 aliphatic heterocycles. The van der Waals surface area contributed by atoms with E-state index in [9.17, 15) is 4.79 Å². The van der Waals surface area contributed by atoms with Crippen molar-refractivity contribution in [3.8, 4) is 0 Å². The van der Waals surface area contributed by atoms with E-state index in [4.69, 9.17) is 0 Å². The number of rotatable bonds is 2. The Morgan fingerprint density at radius 1 is 1.13 bits per heavy atom. The van der Waals surface area contributed by atoms with E-state index in [1.165, 1.54) is 0 Å². The number of ketones is 1. The maximum Gasteiger partial charge on any atom is 0.194 e. The van der Waals surface area contributed by atoms with Crippen molar-refractivity contribution in [2.24, 2.45) is 0 Å². The van der Waals surface area contributed by atoms with Gasteiger partial charge in [-0.15, -0.1) is 0 Å². The van der Waals surface area contributed by atoms with Crippen LogP contribution < -0.4 is 0 Å². The second-order valence-corrected chi connectivity index (χ2v) is 3.23. The maximum atomic E-state index is 12.0. The minimum absolute atomic E-state index is 0.0336. The monoisotopic (exact) mass is 196 g/mol. The largest absolute Gasteiger partial charge is 0.289 e. The molecule has 15 heavy (non-hydrogen) atoms. The lowest BCUT2D eigenvalue weighted by Gasteiger charge is -2.03. The van der Waals surface area contributed by atoms with Crippen molar-refractivity contribution < 1.29 is 4.79 Å². The van der Waals surface area contributed by atoms with E-state index in [1.807, 2.05) is 18.2 Å². The molecule has 2 nitrogen and oxygen atoms in total. The number of benzene rings is 1. The van der Waals surface area contributed by atoms with Gasteiger partial charge in [0.2, 0.25) is 0 Å². The second kappa shape index (κ2) is 4.05. The molecule has 1 aromatic heterocycles. The highest BCUT2D eigenvalue weighted by molar-refractivity contribution is 6.09. The highest BCUT2D eigenvalue weighted by Crippen LogP contribution is 2.12. The van der Waals surface area contributed by atoms with Gasteiger partial charge >= 0.3 is 0 Å². The topological polar surface area (TPSA) is 30.0 Å². The molecule has 0 spiro atoms. The molecule has 0 atom stereocenters. The zero-order valence-corrected chi connectivity index (χ0v) is 8.18. The molecule has 2 rings (SSSR count). The molecule has 73 valence electrons. The molecule has 0 unspecified atom stereocenters. The number of nitrogens with zero attached hydrogens (tertiary/aromatic N) is 1. The predicted octanol–water partition coefficient (Wildman–Crippen LogP) is 2.49. The number of aromatic nitrogens is 1.